The van der Waals surface area contributed by atoms with E-state index in [2.05, 4.69) is 87.6 Å². The predicted octanol–water partition coefficient (Wildman–Crippen LogP) is 4.74. The third-order valence-corrected chi connectivity index (χ3v) is 7.60. The molecule has 3 aromatic carbocycles. The van der Waals surface area contributed by atoms with Crippen molar-refractivity contribution in [3.05, 3.63) is 118 Å². The van der Waals surface area contributed by atoms with Gasteiger partial charge in [-0.3, -0.25) is 19.2 Å². The number of hydrogen-bond acceptors (Lipinski definition) is 4. The van der Waals surface area contributed by atoms with Gasteiger partial charge in [0.25, 0.3) is 5.56 Å². The lowest BCUT2D eigenvalue weighted by molar-refractivity contribution is 0.239. The summed E-state index contributed by atoms with van der Waals surface area (Å²) in [7, 11) is 0. The van der Waals surface area contributed by atoms with Gasteiger partial charge in [-0.2, -0.15) is 0 Å². The Hall–Kier alpha value is -3.54. The zero-order chi connectivity index (χ0) is 24.3. The van der Waals surface area contributed by atoms with Crippen LogP contribution in [0.2, 0.25) is 0 Å². The molecule has 0 atom stereocenters. The summed E-state index contributed by atoms with van der Waals surface area (Å²) >= 11 is 0. The second-order valence-corrected chi connectivity index (χ2v) is 9.92. The molecular formula is C31H32N4O. The van der Waals surface area contributed by atoms with Crippen molar-refractivity contribution in [3.63, 3.8) is 0 Å². The van der Waals surface area contributed by atoms with Crippen molar-refractivity contribution in [1.29, 1.82) is 0 Å². The number of hydrogen-bond donors (Lipinski definition) is 0. The van der Waals surface area contributed by atoms with E-state index in [1.54, 1.807) is 6.33 Å². The van der Waals surface area contributed by atoms with Gasteiger partial charge >= 0.3 is 0 Å². The summed E-state index contributed by atoms with van der Waals surface area (Å²) in [6.45, 7) is 5.94. The number of rotatable bonds is 6. The molecule has 0 bridgehead atoms. The number of fused-ring (bicyclic) bond motifs is 2. The molecule has 3 heterocycles. The Morgan fingerprint density at radius 1 is 0.806 bits per heavy atom. The molecule has 6 rings (SSSR count). The molecule has 1 aromatic heterocycles. The zero-order valence-electron chi connectivity index (χ0n) is 20.6. The second-order valence-electron chi connectivity index (χ2n) is 9.92. The lowest BCUT2D eigenvalue weighted by atomic mass is 9.94. The summed E-state index contributed by atoms with van der Waals surface area (Å²) in [5, 5.41) is 2.62. The molecule has 5 heteroatoms. The largest absolute Gasteiger partial charge is 0.298 e. The van der Waals surface area contributed by atoms with Gasteiger partial charge in [-0.15, -0.1) is 0 Å². The van der Waals surface area contributed by atoms with E-state index in [-0.39, 0.29) is 5.56 Å². The van der Waals surface area contributed by atoms with Crippen molar-refractivity contribution < 1.29 is 0 Å². The highest BCUT2D eigenvalue weighted by atomic mass is 16.1. The van der Waals surface area contributed by atoms with Gasteiger partial charge in [-0.05, 0) is 33.9 Å². The van der Waals surface area contributed by atoms with Crippen LogP contribution in [0.4, 0.5) is 0 Å². The maximum atomic E-state index is 13.3. The first-order chi connectivity index (χ1) is 17.7. The normalized spacial score (nSPS) is 16.6. The van der Waals surface area contributed by atoms with Crippen LogP contribution in [0, 0.1) is 0 Å². The Kier molecular flexibility index (Phi) is 6.50. The molecule has 0 fully saturated rings. The molecule has 0 unspecified atom stereocenters. The van der Waals surface area contributed by atoms with Gasteiger partial charge in [-0.25, -0.2) is 4.98 Å². The third kappa shape index (κ3) is 4.77. The molecule has 2 aliphatic rings. The SMILES string of the molecule is O=c1c2c(ncn1CCN1CC=C(c3cccc4ccccc34)CC1)CCN(Cc1ccccc1)C2. The van der Waals surface area contributed by atoms with Crippen molar-refractivity contribution in [2.24, 2.45) is 0 Å². The number of aromatic nitrogens is 2. The molecule has 0 spiro atoms. The van der Waals surface area contributed by atoms with Crippen LogP contribution in [0.15, 0.2) is 90.0 Å². The monoisotopic (exact) mass is 476 g/mol. The highest BCUT2D eigenvalue weighted by Gasteiger charge is 2.22. The Morgan fingerprint density at radius 2 is 1.61 bits per heavy atom. The third-order valence-electron chi connectivity index (χ3n) is 7.60. The second kappa shape index (κ2) is 10.2. The van der Waals surface area contributed by atoms with Crippen LogP contribution in [-0.4, -0.2) is 45.5 Å². The minimum atomic E-state index is 0.127. The van der Waals surface area contributed by atoms with Gasteiger partial charge in [-0.1, -0.05) is 78.9 Å². The van der Waals surface area contributed by atoms with Crippen LogP contribution >= 0.6 is 0 Å². The molecule has 0 amide bonds. The van der Waals surface area contributed by atoms with E-state index in [1.165, 1.54) is 27.5 Å². The fourth-order valence-corrected chi connectivity index (χ4v) is 5.56. The van der Waals surface area contributed by atoms with E-state index in [0.29, 0.717) is 13.1 Å². The first kappa shape index (κ1) is 22.9. The summed E-state index contributed by atoms with van der Waals surface area (Å²) in [5.74, 6) is 0. The highest BCUT2D eigenvalue weighted by molar-refractivity contribution is 5.94. The minimum absolute atomic E-state index is 0.127. The number of nitrogens with zero attached hydrogens (tertiary/aromatic N) is 4. The summed E-state index contributed by atoms with van der Waals surface area (Å²) < 4.78 is 1.81. The molecule has 5 nitrogen and oxygen atoms in total. The fraction of sp³-hybridized carbons (Fsp3) is 0.290. The van der Waals surface area contributed by atoms with E-state index in [9.17, 15) is 4.79 Å². The minimum Gasteiger partial charge on any atom is -0.298 e. The van der Waals surface area contributed by atoms with Crippen LogP contribution < -0.4 is 5.56 Å². The molecule has 0 N–H and O–H groups in total. The van der Waals surface area contributed by atoms with E-state index in [4.69, 9.17) is 0 Å². The molecule has 182 valence electrons. The van der Waals surface area contributed by atoms with Crippen molar-refractivity contribution in [1.82, 2.24) is 19.4 Å². The Labute approximate surface area is 212 Å². The molecule has 4 aromatic rings. The molecule has 0 aliphatic carbocycles. The van der Waals surface area contributed by atoms with Gasteiger partial charge in [0.1, 0.15) is 0 Å². The van der Waals surface area contributed by atoms with Crippen LogP contribution in [0.5, 0.6) is 0 Å². The van der Waals surface area contributed by atoms with Crippen molar-refractivity contribution in [2.75, 3.05) is 26.2 Å². The molecule has 0 radical (unpaired) electrons. The van der Waals surface area contributed by atoms with Crippen LogP contribution in [-0.2, 0) is 26.1 Å². The van der Waals surface area contributed by atoms with Gasteiger partial charge < -0.3 is 0 Å². The topological polar surface area (TPSA) is 41.4 Å². The molecular weight excluding hydrogens is 444 g/mol. The van der Waals surface area contributed by atoms with Crippen LogP contribution in [0.3, 0.4) is 0 Å². The maximum Gasteiger partial charge on any atom is 0.258 e. The standard InChI is InChI=1S/C31H32N4O/c36-31-29-22-34(21-24-7-2-1-3-8-24)18-15-30(29)32-23-35(31)20-19-33-16-13-26(14-17-33)28-12-6-10-25-9-4-5-11-27(25)28/h1-13,23H,14-22H2. The van der Waals surface area contributed by atoms with Crippen LogP contribution in [0.25, 0.3) is 16.3 Å². The van der Waals surface area contributed by atoms with E-state index >= 15 is 0 Å². The van der Waals surface area contributed by atoms with E-state index in [0.717, 1.165) is 56.8 Å². The Bertz CT molecular complexity index is 1450. The lowest BCUT2D eigenvalue weighted by Crippen LogP contribution is -2.39. The van der Waals surface area contributed by atoms with Crippen molar-refractivity contribution in [2.45, 2.75) is 32.5 Å². The first-order valence-electron chi connectivity index (χ1n) is 13.0. The quantitative estimate of drug-likeness (QED) is 0.403. The van der Waals surface area contributed by atoms with E-state index in [1.807, 2.05) is 10.6 Å². The smallest absolute Gasteiger partial charge is 0.258 e. The molecule has 0 saturated heterocycles. The summed E-state index contributed by atoms with van der Waals surface area (Å²) in [6.07, 6.45) is 5.99. The Balaban J connectivity index is 1.11. The molecule has 0 saturated carbocycles. The van der Waals surface area contributed by atoms with Crippen molar-refractivity contribution in [3.8, 4) is 0 Å². The maximum absolute atomic E-state index is 13.3. The predicted molar refractivity (Wildman–Crippen MR) is 146 cm³/mol. The summed E-state index contributed by atoms with van der Waals surface area (Å²) in [5.41, 5.74) is 6.03. The van der Waals surface area contributed by atoms with Crippen LogP contribution in [0.1, 0.15) is 28.8 Å². The zero-order valence-corrected chi connectivity index (χ0v) is 20.6. The molecule has 36 heavy (non-hydrogen) atoms. The first-order valence-corrected chi connectivity index (χ1v) is 13.0. The Morgan fingerprint density at radius 3 is 2.47 bits per heavy atom. The average molecular weight is 477 g/mol. The average Bonchev–Trinajstić information content (AvgIpc) is 2.93. The van der Waals surface area contributed by atoms with Gasteiger partial charge in [0.2, 0.25) is 0 Å². The summed E-state index contributed by atoms with van der Waals surface area (Å²) in [4.78, 5) is 22.8. The highest BCUT2D eigenvalue weighted by Crippen LogP contribution is 2.29. The molecule has 2 aliphatic heterocycles. The number of benzene rings is 3. The van der Waals surface area contributed by atoms with E-state index < -0.39 is 0 Å². The fourth-order valence-electron chi connectivity index (χ4n) is 5.56. The van der Waals surface area contributed by atoms with Gasteiger partial charge in [0.15, 0.2) is 0 Å². The summed E-state index contributed by atoms with van der Waals surface area (Å²) in [6, 6.07) is 25.7. The van der Waals surface area contributed by atoms with Crippen molar-refractivity contribution >= 4 is 16.3 Å². The van der Waals surface area contributed by atoms with Gasteiger partial charge in [0, 0.05) is 52.2 Å². The lowest BCUT2D eigenvalue weighted by Gasteiger charge is -2.29. The van der Waals surface area contributed by atoms with Gasteiger partial charge in [0.05, 0.1) is 17.6 Å².